The predicted molar refractivity (Wildman–Crippen MR) is 102 cm³/mol. The van der Waals surface area contributed by atoms with Gasteiger partial charge in [-0.1, -0.05) is 13.0 Å². The monoisotopic (exact) mass is 386 g/mol. The van der Waals surface area contributed by atoms with E-state index in [2.05, 4.69) is 25.8 Å². The first kappa shape index (κ1) is 19.9. The predicted octanol–water partition coefficient (Wildman–Crippen LogP) is 1.10. The van der Waals surface area contributed by atoms with Gasteiger partial charge in [-0.3, -0.25) is 14.2 Å². The lowest BCUT2D eigenvalue weighted by atomic mass is 9.83. The summed E-state index contributed by atoms with van der Waals surface area (Å²) >= 11 is 0. The first-order chi connectivity index (χ1) is 13.6. The van der Waals surface area contributed by atoms with Gasteiger partial charge >= 0.3 is 0 Å². The number of pyridine rings is 1. The highest BCUT2D eigenvalue weighted by molar-refractivity contribution is 5.92. The molecule has 0 radical (unpaired) electrons. The van der Waals surface area contributed by atoms with Crippen LogP contribution in [0.1, 0.15) is 43.1 Å². The molecule has 0 unspecified atom stereocenters. The molecule has 0 spiro atoms. The molecule has 1 fully saturated rings. The van der Waals surface area contributed by atoms with Gasteiger partial charge in [-0.15, -0.1) is 10.2 Å². The fraction of sp³-hybridized carbons (Fsp3) is 0.526. The molecule has 0 saturated heterocycles. The van der Waals surface area contributed by atoms with E-state index < -0.39 is 0 Å². The lowest BCUT2D eigenvalue weighted by molar-refractivity contribution is -0.127. The lowest BCUT2D eigenvalue weighted by Crippen LogP contribution is -2.50. The maximum atomic E-state index is 12.7. The number of ether oxygens (including phenoxy) is 1. The van der Waals surface area contributed by atoms with E-state index in [1.165, 1.54) is 12.7 Å². The SMILES string of the molecule is CCCNC(=O)[C@H]1CC[C@@H](NC(=O)c2cccc(-n3cnnc3)n2)[C@H](OC)C1. The Bertz CT molecular complexity index is 795. The summed E-state index contributed by atoms with van der Waals surface area (Å²) in [6, 6.07) is 5.04. The minimum Gasteiger partial charge on any atom is -0.379 e. The zero-order valence-corrected chi connectivity index (χ0v) is 16.2. The van der Waals surface area contributed by atoms with Crippen LogP contribution in [0.15, 0.2) is 30.9 Å². The Hall–Kier alpha value is -2.81. The Balaban J connectivity index is 1.62. The number of hydrogen-bond donors (Lipinski definition) is 2. The second-order valence-corrected chi connectivity index (χ2v) is 6.91. The molecular formula is C19H26N6O3. The molecular weight excluding hydrogens is 360 g/mol. The average molecular weight is 386 g/mol. The summed E-state index contributed by atoms with van der Waals surface area (Å²) in [7, 11) is 1.61. The van der Waals surface area contributed by atoms with E-state index in [1.807, 2.05) is 6.92 Å². The first-order valence-electron chi connectivity index (χ1n) is 9.55. The number of hydrogen-bond acceptors (Lipinski definition) is 6. The summed E-state index contributed by atoms with van der Waals surface area (Å²) in [5.41, 5.74) is 0.309. The molecule has 1 aliphatic rings. The Kier molecular flexibility index (Phi) is 6.70. The van der Waals surface area contributed by atoms with Crippen LogP contribution in [0.3, 0.4) is 0 Å². The van der Waals surface area contributed by atoms with Gasteiger partial charge in [0, 0.05) is 19.6 Å². The van der Waals surface area contributed by atoms with Crippen molar-refractivity contribution in [3.05, 3.63) is 36.5 Å². The van der Waals surface area contributed by atoms with Crippen molar-refractivity contribution in [2.24, 2.45) is 5.92 Å². The van der Waals surface area contributed by atoms with Crippen LogP contribution < -0.4 is 10.6 Å². The van der Waals surface area contributed by atoms with Crippen LogP contribution in [-0.2, 0) is 9.53 Å². The third-order valence-electron chi connectivity index (χ3n) is 4.98. The topological polar surface area (TPSA) is 111 Å². The number of amides is 2. The molecule has 9 heteroatoms. The molecule has 28 heavy (non-hydrogen) atoms. The van der Waals surface area contributed by atoms with Crippen molar-refractivity contribution in [2.45, 2.75) is 44.8 Å². The van der Waals surface area contributed by atoms with Gasteiger partial charge < -0.3 is 15.4 Å². The van der Waals surface area contributed by atoms with E-state index in [-0.39, 0.29) is 29.9 Å². The quantitative estimate of drug-likeness (QED) is 0.737. The summed E-state index contributed by atoms with van der Waals surface area (Å²) in [4.78, 5) is 29.3. The van der Waals surface area contributed by atoms with Crippen molar-refractivity contribution in [1.82, 2.24) is 30.4 Å². The molecule has 2 aromatic rings. The number of aromatic nitrogens is 4. The zero-order valence-electron chi connectivity index (χ0n) is 16.2. The molecule has 9 nitrogen and oxygen atoms in total. The number of nitrogens with zero attached hydrogens (tertiary/aromatic N) is 4. The molecule has 3 rings (SSSR count). The molecule has 2 aromatic heterocycles. The van der Waals surface area contributed by atoms with Crippen LogP contribution in [0.2, 0.25) is 0 Å². The van der Waals surface area contributed by atoms with E-state index in [4.69, 9.17) is 4.74 Å². The van der Waals surface area contributed by atoms with Gasteiger partial charge in [0.25, 0.3) is 5.91 Å². The number of nitrogens with one attached hydrogen (secondary N) is 2. The molecule has 150 valence electrons. The maximum Gasteiger partial charge on any atom is 0.270 e. The Morgan fingerprint density at radius 1 is 1.25 bits per heavy atom. The van der Waals surface area contributed by atoms with Gasteiger partial charge in [0.05, 0.1) is 12.1 Å². The summed E-state index contributed by atoms with van der Waals surface area (Å²) in [5, 5.41) is 13.5. The van der Waals surface area contributed by atoms with Crippen molar-refractivity contribution in [1.29, 1.82) is 0 Å². The standard InChI is InChI=1S/C19H26N6O3/c1-3-9-20-18(26)13-7-8-14(16(10-13)28-2)24-19(27)15-5-4-6-17(23-15)25-11-21-22-12-25/h4-6,11-14,16H,3,7-10H2,1-2H3,(H,20,26)(H,24,27)/t13-,14+,16+/m0/s1. The highest BCUT2D eigenvalue weighted by Gasteiger charge is 2.35. The van der Waals surface area contributed by atoms with Crippen LogP contribution in [0, 0.1) is 5.92 Å². The minimum atomic E-state index is -0.268. The molecule has 2 N–H and O–H groups in total. The molecule has 2 amide bonds. The van der Waals surface area contributed by atoms with Gasteiger partial charge in [0.2, 0.25) is 5.91 Å². The third kappa shape index (κ3) is 4.72. The van der Waals surface area contributed by atoms with Crippen molar-refractivity contribution < 1.29 is 14.3 Å². The smallest absolute Gasteiger partial charge is 0.270 e. The number of rotatable bonds is 7. The summed E-state index contributed by atoms with van der Waals surface area (Å²) in [6.45, 7) is 2.71. The van der Waals surface area contributed by atoms with E-state index >= 15 is 0 Å². The highest BCUT2D eigenvalue weighted by atomic mass is 16.5. The van der Waals surface area contributed by atoms with Crippen molar-refractivity contribution >= 4 is 11.8 Å². The van der Waals surface area contributed by atoms with Crippen LogP contribution in [0.5, 0.6) is 0 Å². The first-order valence-corrected chi connectivity index (χ1v) is 9.55. The van der Waals surface area contributed by atoms with Crippen LogP contribution >= 0.6 is 0 Å². The van der Waals surface area contributed by atoms with Crippen molar-refractivity contribution in [3.63, 3.8) is 0 Å². The molecule has 0 aliphatic heterocycles. The van der Waals surface area contributed by atoms with Crippen LogP contribution in [0.4, 0.5) is 0 Å². The zero-order chi connectivity index (χ0) is 19.9. The van der Waals surface area contributed by atoms with Gasteiger partial charge in [-0.25, -0.2) is 4.98 Å². The van der Waals surface area contributed by atoms with Gasteiger partial charge in [-0.05, 0) is 37.8 Å². The third-order valence-corrected chi connectivity index (χ3v) is 4.98. The fourth-order valence-corrected chi connectivity index (χ4v) is 3.44. The number of carbonyl (C=O) groups is 2. The Morgan fingerprint density at radius 2 is 2.04 bits per heavy atom. The van der Waals surface area contributed by atoms with Gasteiger partial charge in [0.1, 0.15) is 24.2 Å². The van der Waals surface area contributed by atoms with Crippen molar-refractivity contribution in [3.8, 4) is 5.82 Å². The molecule has 3 atom stereocenters. The summed E-state index contributed by atoms with van der Waals surface area (Å²) < 4.78 is 7.21. The molecule has 1 saturated carbocycles. The second kappa shape index (κ2) is 9.41. The van der Waals surface area contributed by atoms with Crippen LogP contribution in [0.25, 0.3) is 5.82 Å². The van der Waals surface area contributed by atoms with Gasteiger partial charge in [0.15, 0.2) is 0 Å². The maximum absolute atomic E-state index is 12.7. The minimum absolute atomic E-state index is 0.0667. The Morgan fingerprint density at radius 3 is 2.75 bits per heavy atom. The molecule has 2 heterocycles. The van der Waals surface area contributed by atoms with E-state index in [9.17, 15) is 9.59 Å². The number of methoxy groups -OCH3 is 1. The van der Waals surface area contributed by atoms with E-state index in [1.54, 1.807) is 29.9 Å². The lowest BCUT2D eigenvalue weighted by Gasteiger charge is -2.35. The van der Waals surface area contributed by atoms with Crippen molar-refractivity contribution in [2.75, 3.05) is 13.7 Å². The van der Waals surface area contributed by atoms with Crippen LogP contribution in [-0.4, -0.2) is 57.4 Å². The molecule has 0 aromatic carbocycles. The number of carbonyl (C=O) groups excluding carboxylic acids is 2. The normalized spacial score (nSPS) is 21.9. The fourth-order valence-electron chi connectivity index (χ4n) is 3.44. The highest BCUT2D eigenvalue weighted by Crippen LogP contribution is 2.27. The second-order valence-electron chi connectivity index (χ2n) is 6.91. The molecule has 0 bridgehead atoms. The Labute approximate surface area is 163 Å². The summed E-state index contributed by atoms with van der Waals surface area (Å²) in [5.74, 6) is 0.282. The molecule has 1 aliphatic carbocycles. The van der Waals surface area contributed by atoms with E-state index in [0.29, 0.717) is 37.3 Å². The average Bonchev–Trinajstić information content (AvgIpc) is 3.27. The van der Waals surface area contributed by atoms with E-state index in [0.717, 1.165) is 6.42 Å². The van der Waals surface area contributed by atoms with Gasteiger partial charge in [-0.2, -0.15) is 0 Å². The largest absolute Gasteiger partial charge is 0.379 e. The summed E-state index contributed by atoms with van der Waals surface area (Å²) in [6.07, 6.45) is 5.73.